The van der Waals surface area contributed by atoms with Crippen LogP contribution in [0.4, 0.5) is 21.5 Å². The van der Waals surface area contributed by atoms with Crippen molar-refractivity contribution in [3.63, 3.8) is 0 Å². The zero-order chi connectivity index (χ0) is 41.2. The van der Waals surface area contributed by atoms with Gasteiger partial charge in [-0.3, -0.25) is 19.1 Å². The van der Waals surface area contributed by atoms with Gasteiger partial charge in [0.1, 0.15) is 17.2 Å². The Morgan fingerprint density at radius 3 is 2.05 bits per heavy atom. The number of carbonyl (C=O) groups excluding carboxylic acids is 3. The number of rotatable bonds is 14. The zero-order valence-electron chi connectivity index (χ0n) is 33.1. The van der Waals surface area contributed by atoms with Crippen molar-refractivity contribution in [2.45, 2.75) is 64.1 Å². The number of carbonyl (C=O) groups is 3. The number of amides is 3. The number of anilines is 3. The number of hydrogen-bond acceptors (Lipinski definition) is 9. The molecule has 14 heteroatoms. The van der Waals surface area contributed by atoms with Gasteiger partial charge in [0.25, 0.3) is 17.7 Å². The molecule has 1 saturated heterocycles. The second-order valence-corrected chi connectivity index (χ2v) is 15.2. The van der Waals surface area contributed by atoms with Crippen LogP contribution in [0, 0.1) is 11.8 Å². The summed E-state index contributed by atoms with van der Waals surface area (Å²) in [5.74, 6) is -1.04. The number of nitrogens with one attached hydrogen (secondary N) is 2. The molecule has 1 spiro atoms. The van der Waals surface area contributed by atoms with Gasteiger partial charge in [0.15, 0.2) is 5.60 Å². The standard InChI is InChI=1S/C44H47FN6O7/c1-27-39(43(2,3)45)38(20-22-50-26-33(21-23-52)48-49-50)58-44(27)36-24-32(47-41(54)30-10-17-35(57-5)18-11-30)14-19-37(36)51(42(44)55)25-28-6-12-31(13-7-28)46-40(53)29-8-15-34(56-4)16-9-29/h6-19,24,26-27,38-39,52H,20-23,25H2,1-5H3,(H,46,53)(H,47,54)/t27-,38+,39-,44+/m1/s1. The van der Waals surface area contributed by atoms with Crippen LogP contribution in [0.2, 0.25) is 0 Å². The molecule has 7 rings (SSSR count). The molecule has 0 aliphatic carbocycles. The number of nitrogens with zero attached hydrogens (tertiary/aromatic N) is 4. The summed E-state index contributed by atoms with van der Waals surface area (Å²) in [4.78, 5) is 43.0. The predicted octanol–water partition coefficient (Wildman–Crippen LogP) is 6.57. The molecule has 4 atom stereocenters. The summed E-state index contributed by atoms with van der Waals surface area (Å²) in [6.45, 7) is 5.33. The first-order valence-electron chi connectivity index (χ1n) is 19.2. The van der Waals surface area contributed by atoms with Gasteiger partial charge in [-0.15, -0.1) is 5.10 Å². The first kappa shape index (κ1) is 40.1. The van der Waals surface area contributed by atoms with Gasteiger partial charge in [0, 0.05) is 65.7 Å². The van der Waals surface area contributed by atoms with E-state index in [2.05, 4.69) is 20.9 Å². The van der Waals surface area contributed by atoms with Crippen LogP contribution in [0.5, 0.6) is 11.5 Å². The number of fused-ring (bicyclic) bond motifs is 2. The first-order chi connectivity index (χ1) is 27.8. The number of halogens is 1. The van der Waals surface area contributed by atoms with Gasteiger partial charge >= 0.3 is 0 Å². The smallest absolute Gasteiger partial charge is 0.264 e. The minimum atomic E-state index is -1.74. The van der Waals surface area contributed by atoms with Crippen LogP contribution in [0.15, 0.2) is 97.2 Å². The van der Waals surface area contributed by atoms with Crippen LogP contribution in [0.25, 0.3) is 0 Å². The van der Waals surface area contributed by atoms with E-state index in [-0.39, 0.29) is 30.9 Å². The van der Waals surface area contributed by atoms with Crippen molar-refractivity contribution < 1.29 is 38.1 Å². The molecule has 58 heavy (non-hydrogen) atoms. The van der Waals surface area contributed by atoms with Gasteiger partial charge in [-0.25, -0.2) is 4.39 Å². The largest absolute Gasteiger partial charge is 0.497 e. The van der Waals surface area contributed by atoms with Gasteiger partial charge in [-0.1, -0.05) is 24.3 Å². The number of alkyl halides is 1. The highest BCUT2D eigenvalue weighted by atomic mass is 19.1. The monoisotopic (exact) mass is 790 g/mol. The number of ether oxygens (including phenoxy) is 3. The van der Waals surface area contributed by atoms with Crippen molar-refractivity contribution in [1.82, 2.24) is 15.0 Å². The second-order valence-electron chi connectivity index (χ2n) is 15.2. The number of aliphatic hydroxyl groups excluding tert-OH is 1. The van der Waals surface area contributed by atoms with Gasteiger partial charge in [-0.05, 0) is 105 Å². The summed E-state index contributed by atoms with van der Waals surface area (Å²) >= 11 is 0. The Balaban J connectivity index is 1.19. The van der Waals surface area contributed by atoms with Crippen molar-refractivity contribution in [2.75, 3.05) is 36.4 Å². The van der Waals surface area contributed by atoms with Crippen LogP contribution in [-0.4, -0.2) is 70.4 Å². The molecule has 0 unspecified atom stereocenters. The van der Waals surface area contributed by atoms with E-state index < -0.39 is 29.2 Å². The Morgan fingerprint density at radius 1 is 0.897 bits per heavy atom. The molecule has 5 aromatic rings. The summed E-state index contributed by atoms with van der Waals surface area (Å²) in [7, 11) is 3.11. The van der Waals surface area contributed by atoms with E-state index in [9.17, 15) is 14.7 Å². The number of aliphatic hydroxyl groups is 1. The molecule has 0 saturated carbocycles. The fourth-order valence-electron chi connectivity index (χ4n) is 8.26. The zero-order valence-corrected chi connectivity index (χ0v) is 33.1. The lowest BCUT2D eigenvalue weighted by Crippen LogP contribution is -2.45. The van der Waals surface area contributed by atoms with Crippen LogP contribution in [0.3, 0.4) is 0 Å². The van der Waals surface area contributed by atoms with E-state index in [4.69, 9.17) is 14.2 Å². The van der Waals surface area contributed by atoms with Crippen molar-refractivity contribution >= 4 is 34.8 Å². The lowest BCUT2D eigenvalue weighted by atomic mass is 9.71. The Bertz CT molecular complexity index is 2270. The average Bonchev–Trinajstić information content (AvgIpc) is 3.87. The number of hydrogen-bond donors (Lipinski definition) is 3. The van der Waals surface area contributed by atoms with Crippen LogP contribution in [-0.2, 0) is 34.6 Å². The number of aromatic nitrogens is 3. The Kier molecular flexibility index (Phi) is 11.3. The molecule has 1 fully saturated rings. The third-order valence-electron chi connectivity index (χ3n) is 11.1. The molecule has 0 bridgehead atoms. The quantitative estimate of drug-likeness (QED) is 0.113. The molecular weight excluding hydrogens is 744 g/mol. The SMILES string of the molecule is COc1ccc(C(=O)Nc2ccc(CN3C(=O)[C@@]4(O[C@@H](CCn5cc(CCO)nn5)[C@H](C(C)(C)F)[C@H]4C)c4cc(NC(=O)c5ccc(OC)cc5)ccc43)cc2)cc1. The Morgan fingerprint density at radius 2 is 1.48 bits per heavy atom. The topological polar surface area (TPSA) is 157 Å². The fourth-order valence-corrected chi connectivity index (χ4v) is 8.26. The van der Waals surface area contributed by atoms with Crippen molar-refractivity contribution in [1.29, 1.82) is 0 Å². The van der Waals surface area contributed by atoms with E-state index in [1.165, 1.54) is 13.8 Å². The van der Waals surface area contributed by atoms with Gasteiger partial charge in [0.05, 0.1) is 38.2 Å². The molecule has 4 aromatic carbocycles. The highest BCUT2D eigenvalue weighted by Gasteiger charge is 2.66. The Labute approximate surface area is 336 Å². The van der Waals surface area contributed by atoms with Crippen LogP contribution >= 0.6 is 0 Å². The number of aryl methyl sites for hydroxylation is 1. The Hall–Kier alpha value is -6.12. The van der Waals surface area contributed by atoms with Crippen molar-refractivity contribution in [3.05, 3.63) is 125 Å². The molecule has 13 nitrogen and oxygen atoms in total. The molecule has 3 amide bonds. The van der Waals surface area contributed by atoms with Gasteiger partial charge < -0.3 is 34.9 Å². The molecule has 0 radical (unpaired) electrons. The fraction of sp³-hybridized carbons (Fsp3) is 0.341. The molecule has 2 aliphatic rings. The first-order valence-corrected chi connectivity index (χ1v) is 19.2. The van der Waals surface area contributed by atoms with E-state index in [1.807, 2.05) is 19.1 Å². The third-order valence-corrected chi connectivity index (χ3v) is 11.1. The maximum atomic E-state index is 16.4. The molecule has 3 N–H and O–H groups in total. The lowest BCUT2D eigenvalue weighted by Gasteiger charge is -2.32. The maximum Gasteiger partial charge on any atom is 0.264 e. The number of benzene rings is 4. The molecule has 2 aliphatic heterocycles. The minimum Gasteiger partial charge on any atom is -0.497 e. The van der Waals surface area contributed by atoms with E-state index in [0.717, 1.165) is 5.56 Å². The van der Waals surface area contributed by atoms with Crippen molar-refractivity contribution in [2.24, 2.45) is 11.8 Å². The van der Waals surface area contributed by atoms with Crippen molar-refractivity contribution in [3.8, 4) is 11.5 Å². The normalized spacial score (nSPS) is 19.9. The summed E-state index contributed by atoms with van der Waals surface area (Å²) in [5, 5.41) is 23.5. The average molecular weight is 791 g/mol. The molecular formula is C44H47FN6O7. The predicted molar refractivity (Wildman–Crippen MR) is 216 cm³/mol. The van der Waals surface area contributed by atoms with E-state index in [1.54, 1.807) is 109 Å². The van der Waals surface area contributed by atoms with E-state index >= 15 is 9.18 Å². The minimum absolute atomic E-state index is 0.0611. The van der Waals surface area contributed by atoms with Crippen LogP contribution in [0.1, 0.15) is 64.7 Å². The summed E-state index contributed by atoms with van der Waals surface area (Å²) in [6.07, 6.45) is 1.75. The molecule has 1 aromatic heterocycles. The lowest BCUT2D eigenvalue weighted by molar-refractivity contribution is -0.146. The summed E-state index contributed by atoms with van der Waals surface area (Å²) in [5.41, 5.74) is 1.12. The van der Waals surface area contributed by atoms with Gasteiger partial charge in [0.2, 0.25) is 0 Å². The highest BCUT2D eigenvalue weighted by Crippen LogP contribution is 2.59. The number of methoxy groups -OCH3 is 2. The molecule has 3 heterocycles. The molecule has 302 valence electrons. The van der Waals surface area contributed by atoms with Crippen LogP contribution < -0.4 is 25.0 Å². The van der Waals surface area contributed by atoms with Gasteiger partial charge in [-0.2, -0.15) is 0 Å². The second kappa shape index (κ2) is 16.4. The summed E-state index contributed by atoms with van der Waals surface area (Å²) < 4.78 is 35.4. The summed E-state index contributed by atoms with van der Waals surface area (Å²) in [6, 6.07) is 26.0. The van der Waals surface area contributed by atoms with E-state index in [0.29, 0.717) is 70.3 Å². The third kappa shape index (κ3) is 7.89. The highest BCUT2D eigenvalue weighted by molar-refractivity contribution is 6.09. The maximum absolute atomic E-state index is 16.4.